The smallest absolute Gasteiger partial charge is 0.269 e. The van der Waals surface area contributed by atoms with Gasteiger partial charge in [0.05, 0.1) is 43.0 Å². The number of nitro benzene ring substituents is 2. The van der Waals surface area contributed by atoms with Gasteiger partial charge in [-0.15, -0.1) is 0 Å². The normalized spacial score (nSPS) is 11.5. The number of hydrogen-bond donors (Lipinski definition) is 0. The number of non-ortho nitro benzene ring substituents is 2. The molecule has 0 unspecified atom stereocenters. The first-order valence-electron chi connectivity index (χ1n) is 11.6. The number of pyridine rings is 2. The standard InChI is InChI=1S/C28H18N4O6/c1-15-21-11-13-23(17-3-7-19(8-4-17)31(35)36)29(21)28(34)26-16(2)22-12-14-24(30(22)27(33)25(15)26)18-5-9-20(10-6-18)32(37)38/h3-14H,1-2H3. The molecule has 0 fully saturated rings. The van der Waals surface area contributed by atoms with Crippen LogP contribution in [-0.2, 0) is 0 Å². The van der Waals surface area contributed by atoms with Gasteiger partial charge in [-0.25, -0.2) is 0 Å². The molecule has 0 saturated heterocycles. The summed E-state index contributed by atoms with van der Waals surface area (Å²) in [6, 6.07) is 19.0. The summed E-state index contributed by atoms with van der Waals surface area (Å²) in [6.45, 7) is 3.58. The molecule has 0 spiro atoms. The molecule has 0 atom stereocenters. The Labute approximate surface area is 213 Å². The first-order chi connectivity index (χ1) is 18.2. The van der Waals surface area contributed by atoms with Gasteiger partial charge in [-0.05, 0) is 84.6 Å². The van der Waals surface area contributed by atoms with Crippen LogP contribution in [0, 0.1) is 34.1 Å². The summed E-state index contributed by atoms with van der Waals surface area (Å²) in [5.41, 5.74) is 3.99. The van der Waals surface area contributed by atoms with Crippen molar-refractivity contribution in [2.45, 2.75) is 13.8 Å². The molecule has 0 bridgehead atoms. The predicted octanol–water partition coefficient (Wildman–Crippen LogP) is 5.27. The number of benzene rings is 2. The van der Waals surface area contributed by atoms with E-state index in [0.717, 1.165) is 0 Å². The largest absolute Gasteiger partial charge is 0.276 e. The number of aromatic nitrogens is 2. The second-order valence-electron chi connectivity index (χ2n) is 9.10. The Morgan fingerprint density at radius 2 is 0.895 bits per heavy atom. The molecule has 186 valence electrons. The summed E-state index contributed by atoms with van der Waals surface area (Å²) < 4.78 is 3.09. The van der Waals surface area contributed by atoms with Crippen LogP contribution in [0.2, 0.25) is 0 Å². The molecule has 0 amide bonds. The number of rotatable bonds is 4. The molecule has 0 radical (unpaired) electrons. The molecular formula is C28H18N4O6. The lowest BCUT2D eigenvalue weighted by Crippen LogP contribution is -2.23. The van der Waals surface area contributed by atoms with Gasteiger partial charge in [0, 0.05) is 24.3 Å². The van der Waals surface area contributed by atoms with Gasteiger partial charge in [0.25, 0.3) is 22.5 Å². The van der Waals surface area contributed by atoms with E-state index in [4.69, 9.17) is 0 Å². The highest BCUT2D eigenvalue weighted by Crippen LogP contribution is 2.31. The van der Waals surface area contributed by atoms with Gasteiger partial charge >= 0.3 is 0 Å². The Morgan fingerprint density at radius 3 is 1.21 bits per heavy atom. The van der Waals surface area contributed by atoms with Crippen molar-refractivity contribution in [2.75, 3.05) is 0 Å². The SMILES string of the molecule is Cc1c2c(=O)n3c(-c4ccc([N+](=O)[O-])cc4)ccc3c(C)c2c(=O)n2c(-c3ccc([N+](=O)[O-])cc3)ccc12. The van der Waals surface area contributed by atoms with Crippen LogP contribution in [0.15, 0.2) is 82.4 Å². The molecule has 2 aromatic carbocycles. The third-order valence-corrected chi connectivity index (χ3v) is 7.11. The van der Waals surface area contributed by atoms with E-state index in [2.05, 4.69) is 0 Å². The fourth-order valence-electron chi connectivity index (χ4n) is 5.24. The van der Waals surface area contributed by atoms with E-state index in [1.54, 1.807) is 71.2 Å². The van der Waals surface area contributed by atoms with Crippen LogP contribution in [0.4, 0.5) is 11.4 Å². The second-order valence-corrected chi connectivity index (χ2v) is 9.10. The zero-order chi connectivity index (χ0) is 26.9. The van der Waals surface area contributed by atoms with E-state index in [-0.39, 0.29) is 22.5 Å². The molecule has 6 rings (SSSR count). The minimum atomic E-state index is -0.483. The maximum absolute atomic E-state index is 13.9. The van der Waals surface area contributed by atoms with Crippen LogP contribution in [0.1, 0.15) is 11.1 Å². The van der Waals surface area contributed by atoms with Crippen molar-refractivity contribution >= 4 is 33.2 Å². The Kier molecular flexibility index (Phi) is 4.89. The molecule has 10 nitrogen and oxygen atoms in total. The van der Waals surface area contributed by atoms with Crippen molar-refractivity contribution in [3.05, 3.63) is 125 Å². The summed E-state index contributed by atoms with van der Waals surface area (Å²) in [5.74, 6) is 0. The summed E-state index contributed by atoms with van der Waals surface area (Å²) >= 11 is 0. The number of hydrogen-bond acceptors (Lipinski definition) is 6. The van der Waals surface area contributed by atoms with E-state index in [1.807, 2.05) is 0 Å². The Bertz CT molecular complexity index is 1920. The van der Waals surface area contributed by atoms with Gasteiger partial charge in [-0.3, -0.25) is 38.6 Å². The zero-order valence-electron chi connectivity index (χ0n) is 20.2. The van der Waals surface area contributed by atoms with E-state index in [0.29, 0.717) is 55.4 Å². The van der Waals surface area contributed by atoms with Gasteiger partial charge in [-0.1, -0.05) is 0 Å². The average Bonchev–Trinajstić information content (AvgIpc) is 3.55. The third kappa shape index (κ3) is 3.13. The van der Waals surface area contributed by atoms with E-state index in [9.17, 15) is 29.8 Å². The average molecular weight is 506 g/mol. The summed E-state index contributed by atoms with van der Waals surface area (Å²) in [6.07, 6.45) is 0. The van der Waals surface area contributed by atoms with Crippen LogP contribution in [0.3, 0.4) is 0 Å². The quantitative estimate of drug-likeness (QED) is 0.237. The highest BCUT2D eigenvalue weighted by atomic mass is 16.6. The lowest BCUT2D eigenvalue weighted by molar-refractivity contribution is -0.385. The molecular weight excluding hydrogens is 488 g/mol. The van der Waals surface area contributed by atoms with Crippen LogP contribution in [-0.4, -0.2) is 18.6 Å². The van der Waals surface area contributed by atoms with E-state index >= 15 is 0 Å². The molecule has 0 N–H and O–H groups in total. The van der Waals surface area contributed by atoms with Crippen LogP contribution in [0.5, 0.6) is 0 Å². The van der Waals surface area contributed by atoms with Crippen molar-refractivity contribution in [2.24, 2.45) is 0 Å². The van der Waals surface area contributed by atoms with Crippen molar-refractivity contribution in [3.8, 4) is 22.5 Å². The molecule has 4 aromatic heterocycles. The Balaban J connectivity index is 1.65. The van der Waals surface area contributed by atoms with Gasteiger partial charge < -0.3 is 0 Å². The lowest BCUT2D eigenvalue weighted by Gasteiger charge is -2.12. The monoisotopic (exact) mass is 506 g/mol. The maximum atomic E-state index is 13.9. The molecule has 0 aliphatic heterocycles. The molecule has 0 saturated carbocycles. The van der Waals surface area contributed by atoms with Crippen molar-refractivity contribution in [3.63, 3.8) is 0 Å². The van der Waals surface area contributed by atoms with Crippen LogP contribution >= 0.6 is 0 Å². The van der Waals surface area contributed by atoms with Gasteiger partial charge in [0.15, 0.2) is 0 Å². The van der Waals surface area contributed by atoms with E-state index < -0.39 is 9.85 Å². The van der Waals surface area contributed by atoms with Crippen molar-refractivity contribution in [1.82, 2.24) is 8.80 Å². The fraction of sp³-hybridized carbons (Fsp3) is 0.0714. The van der Waals surface area contributed by atoms with Gasteiger partial charge in [-0.2, -0.15) is 0 Å². The highest BCUT2D eigenvalue weighted by molar-refractivity contribution is 5.96. The maximum Gasteiger partial charge on any atom is 0.269 e. The third-order valence-electron chi connectivity index (χ3n) is 7.11. The lowest BCUT2D eigenvalue weighted by atomic mass is 10.0. The van der Waals surface area contributed by atoms with Gasteiger partial charge in [0.1, 0.15) is 0 Å². The molecule has 38 heavy (non-hydrogen) atoms. The molecule has 10 heteroatoms. The minimum Gasteiger partial charge on any atom is -0.276 e. The Morgan fingerprint density at radius 1 is 0.553 bits per heavy atom. The fourth-order valence-corrected chi connectivity index (χ4v) is 5.24. The second kappa shape index (κ2) is 8.07. The number of nitrogens with zero attached hydrogens (tertiary/aromatic N) is 4. The van der Waals surface area contributed by atoms with Crippen molar-refractivity contribution < 1.29 is 9.85 Å². The van der Waals surface area contributed by atoms with Crippen LogP contribution in [0.25, 0.3) is 44.3 Å². The first-order valence-corrected chi connectivity index (χ1v) is 11.6. The number of aryl methyl sites for hydroxylation is 2. The van der Waals surface area contributed by atoms with Crippen molar-refractivity contribution in [1.29, 1.82) is 0 Å². The molecule has 0 aliphatic carbocycles. The summed E-state index contributed by atoms with van der Waals surface area (Å²) in [7, 11) is 0. The van der Waals surface area contributed by atoms with Gasteiger partial charge in [0.2, 0.25) is 0 Å². The van der Waals surface area contributed by atoms with E-state index in [1.165, 1.54) is 24.3 Å². The minimum absolute atomic E-state index is 0.0510. The van der Waals surface area contributed by atoms with Crippen LogP contribution < -0.4 is 11.1 Å². The topological polar surface area (TPSA) is 129 Å². The summed E-state index contributed by atoms with van der Waals surface area (Å²) in [5, 5.41) is 22.7. The zero-order valence-corrected chi connectivity index (χ0v) is 20.2. The number of fused-ring (bicyclic) bond motifs is 3. The highest BCUT2D eigenvalue weighted by Gasteiger charge is 2.22. The molecule has 4 heterocycles. The predicted molar refractivity (Wildman–Crippen MR) is 143 cm³/mol. The number of nitro groups is 2. The first kappa shape index (κ1) is 23.0. The summed E-state index contributed by atoms with van der Waals surface area (Å²) in [4.78, 5) is 49.0. The molecule has 0 aliphatic rings. The molecule has 6 aromatic rings. The Hall–Kier alpha value is -5.38.